The fourth-order valence-corrected chi connectivity index (χ4v) is 4.01. The van der Waals surface area contributed by atoms with Crippen molar-refractivity contribution in [1.82, 2.24) is 25.3 Å². The maximum Gasteiger partial charge on any atom is 0.191 e. The molecule has 1 aliphatic heterocycles. The maximum atomic E-state index is 9.55. The molecule has 0 spiro atoms. The lowest BCUT2D eigenvalue weighted by Crippen LogP contribution is -2.48. The van der Waals surface area contributed by atoms with Gasteiger partial charge >= 0.3 is 0 Å². The fraction of sp³-hybridized carbons (Fsp3) is 0.522. The highest BCUT2D eigenvalue weighted by molar-refractivity contribution is 14.0. The summed E-state index contributed by atoms with van der Waals surface area (Å²) in [5.74, 6) is 1.23. The van der Waals surface area contributed by atoms with Crippen LogP contribution in [0.3, 0.4) is 0 Å². The van der Waals surface area contributed by atoms with Gasteiger partial charge < -0.3 is 21.3 Å². The Hall–Kier alpha value is -2.32. The number of hydrogen-bond acceptors (Lipinski definition) is 5. The number of nitriles is 1. The molecule has 0 saturated carbocycles. The molecule has 0 aliphatic carbocycles. The molecule has 3 rings (SSSR count). The molecule has 1 aromatic heterocycles. The fourth-order valence-electron chi connectivity index (χ4n) is 4.01. The molecule has 1 fully saturated rings. The Bertz CT molecular complexity index is 895. The van der Waals surface area contributed by atoms with Crippen molar-refractivity contribution in [3.63, 3.8) is 0 Å². The monoisotopic (exact) mass is 550 g/mol. The van der Waals surface area contributed by atoms with Gasteiger partial charge in [-0.05, 0) is 50.8 Å². The van der Waals surface area contributed by atoms with Gasteiger partial charge in [0.1, 0.15) is 17.5 Å². The lowest BCUT2D eigenvalue weighted by molar-refractivity contribution is 0.206. The number of aliphatic imine (C=N–C) groups is 1. The highest BCUT2D eigenvalue weighted by Gasteiger charge is 2.19. The largest absolute Gasteiger partial charge is 0.382 e. The van der Waals surface area contributed by atoms with Crippen molar-refractivity contribution in [2.75, 3.05) is 39.0 Å². The minimum absolute atomic E-state index is 0. The second kappa shape index (κ2) is 13.3. The Balaban J connectivity index is 0.00000363. The number of guanidine groups is 1. The SMILES string of the molecule is CCCN1CCC(NC(=NC)NCCCc2nn(-c3ccccc3)c(N)c2C#N)CC1.I. The molecule has 0 amide bonds. The third kappa shape index (κ3) is 6.84. The van der Waals surface area contributed by atoms with E-state index in [1.807, 2.05) is 30.3 Å². The molecule has 8 nitrogen and oxygen atoms in total. The van der Waals surface area contributed by atoms with E-state index < -0.39 is 0 Å². The van der Waals surface area contributed by atoms with E-state index in [-0.39, 0.29) is 24.0 Å². The van der Waals surface area contributed by atoms with Crippen LogP contribution in [0.2, 0.25) is 0 Å². The van der Waals surface area contributed by atoms with Crippen LogP contribution in [0.1, 0.15) is 43.9 Å². The highest BCUT2D eigenvalue weighted by atomic mass is 127. The predicted octanol–water partition coefficient (Wildman–Crippen LogP) is 2.92. The summed E-state index contributed by atoms with van der Waals surface area (Å²) in [4.78, 5) is 6.89. The van der Waals surface area contributed by atoms with Crippen LogP contribution in [0, 0.1) is 11.3 Å². The second-order valence-corrected chi connectivity index (χ2v) is 7.93. The quantitative estimate of drug-likeness (QED) is 0.202. The topological polar surface area (TPSA) is 107 Å². The van der Waals surface area contributed by atoms with Crippen LogP contribution < -0.4 is 16.4 Å². The van der Waals surface area contributed by atoms with E-state index >= 15 is 0 Å². The summed E-state index contributed by atoms with van der Waals surface area (Å²) >= 11 is 0. The van der Waals surface area contributed by atoms with Crippen LogP contribution in [-0.4, -0.2) is 59.9 Å². The normalized spacial score (nSPS) is 15.1. The summed E-state index contributed by atoms with van der Waals surface area (Å²) in [5, 5.41) is 21.1. The average molecular weight is 550 g/mol. The molecular formula is C23H35IN8. The number of nitrogen functional groups attached to an aromatic ring is 1. The number of likely N-dealkylation sites (tertiary alicyclic amines) is 1. The number of benzene rings is 1. The van der Waals surface area contributed by atoms with Crippen molar-refractivity contribution in [2.24, 2.45) is 4.99 Å². The number of aryl methyl sites for hydroxylation is 1. The number of nitrogens with two attached hydrogens (primary N) is 1. The van der Waals surface area contributed by atoms with Crippen LogP contribution in [-0.2, 0) is 6.42 Å². The van der Waals surface area contributed by atoms with E-state index in [0.29, 0.717) is 23.8 Å². The smallest absolute Gasteiger partial charge is 0.191 e. The zero-order valence-electron chi connectivity index (χ0n) is 19.0. The minimum atomic E-state index is 0. The van der Waals surface area contributed by atoms with Crippen LogP contribution in [0.4, 0.5) is 5.82 Å². The number of rotatable bonds is 8. The Morgan fingerprint density at radius 3 is 2.62 bits per heavy atom. The molecule has 1 aliphatic rings. The van der Waals surface area contributed by atoms with Crippen LogP contribution in [0.15, 0.2) is 35.3 Å². The number of piperidine rings is 1. The summed E-state index contributed by atoms with van der Waals surface area (Å²) in [6.07, 6.45) is 5.00. The van der Waals surface area contributed by atoms with E-state index in [2.05, 4.69) is 38.6 Å². The van der Waals surface area contributed by atoms with E-state index in [0.717, 1.165) is 56.2 Å². The molecule has 9 heteroatoms. The van der Waals surface area contributed by atoms with Crippen molar-refractivity contribution < 1.29 is 0 Å². The first-order chi connectivity index (χ1) is 15.2. The summed E-state index contributed by atoms with van der Waals surface area (Å²) in [6, 6.07) is 12.3. The minimum Gasteiger partial charge on any atom is -0.382 e. The molecule has 4 N–H and O–H groups in total. The molecule has 0 atom stereocenters. The first-order valence-electron chi connectivity index (χ1n) is 11.2. The lowest BCUT2D eigenvalue weighted by atomic mass is 10.1. The Morgan fingerprint density at radius 2 is 2.00 bits per heavy atom. The number of nitrogens with one attached hydrogen (secondary N) is 2. The third-order valence-electron chi connectivity index (χ3n) is 5.68. The summed E-state index contributed by atoms with van der Waals surface area (Å²) in [7, 11) is 1.80. The van der Waals surface area contributed by atoms with Gasteiger partial charge in [-0.1, -0.05) is 25.1 Å². The maximum absolute atomic E-state index is 9.55. The molecule has 32 heavy (non-hydrogen) atoms. The summed E-state index contributed by atoms with van der Waals surface area (Å²) in [6.45, 7) is 6.46. The summed E-state index contributed by atoms with van der Waals surface area (Å²) < 4.78 is 1.65. The Labute approximate surface area is 208 Å². The molecule has 0 bridgehead atoms. The zero-order chi connectivity index (χ0) is 22.1. The van der Waals surface area contributed by atoms with E-state index in [1.54, 1.807) is 11.7 Å². The third-order valence-corrected chi connectivity index (χ3v) is 5.68. The van der Waals surface area contributed by atoms with Gasteiger partial charge in [-0.2, -0.15) is 10.4 Å². The second-order valence-electron chi connectivity index (χ2n) is 7.93. The lowest BCUT2D eigenvalue weighted by Gasteiger charge is -2.32. The first kappa shape index (κ1) is 25.9. The number of nitrogens with zero attached hydrogens (tertiary/aromatic N) is 5. The van der Waals surface area contributed by atoms with Gasteiger partial charge in [-0.15, -0.1) is 24.0 Å². The highest BCUT2D eigenvalue weighted by Crippen LogP contribution is 2.21. The van der Waals surface area contributed by atoms with Crippen LogP contribution in [0.25, 0.3) is 5.69 Å². The van der Waals surface area contributed by atoms with Gasteiger partial charge in [0.2, 0.25) is 0 Å². The molecular weight excluding hydrogens is 515 g/mol. The van der Waals surface area contributed by atoms with Crippen molar-refractivity contribution >= 4 is 35.8 Å². The van der Waals surface area contributed by atoms with E-state index in [4.69, 9.17) is 5.73 Å². The first-order valence-corrected chi connectivity index (χ1v) is 11.2. The van der Waals surface area contributed by atoms with Gasteiger partial charge in [0, 0.05) is 32.7 Å². The molecule has 0 unspecified atom stereocenters. The summed E-state index contributed by atoms with van der Waals surface area (Å²) in [5.41, 5.74) is 8.24. The van der Waals surface area contributed by atoms with E-state index in [1.165, 1.54) is 13.0 Å². The average Bonchev–Trinajstić information content (AvgIpc) is 3.13. The Kier molecular flexibility index (Phi) is 10.8. The Morgan fingerprint density at radius 1 is 1.28 bits per heavy atom. The number of anilines is 1. The van der Waals surface area contributed by atoms with Crippen LogP contribution >= 0.6 is 24.0 Å². The molecule has 174 valence electrons. The van der Waals surface area contributed by atoms with Gasteiger partial charge in [0.15, 0.2) is 5.96 Å². The van der Waals surface area contributed by atoms with Gasteiger partial charge in [0.25, 0.3) is 0 Å². The van der Waals surface area contributed by atoms with Gasteiger partial charge in [-0.3, -0.25) is 4.99 Å². The molecule has 1 aromatic carbocycles. The van der Waals surface area contributed by atoms with Gasteiger partial charge in [-0.25, -0.2) is 4.68 Å². The molecule has 2 aromatic rings. The molecule has 1 saturated heterocycles. The van der Waals surface area contributed by atoms with Crippen molar-refractivity contribution in [3.05, 3.63) is 41.6 Å². The van der Waals surface area contributed by atoms with Crippen molar-refractivity contribution in [3.8, 4) is 11.8 Å². The molecule has 0 radical (unpaired) electrons. The number of aromatic nitrogens is 2. The van der Waals surface area contributed by atoms with Gasteiger partial charge in [0.05, 0.1) is 11.4 Å². The van der Waals surface area contributed by atoms with Crippen molar-refractivity contribution in [1.29, 1.82) is 5.26 Å². The molecule has 2 heterocycles. The van der Waals surface area contributed by atoms with Crippen LogP contribution in [0.5, 0.6) is 0 Å². The zero-order valence-corrected chi connectivity index (χ0v) is 21.4. The standard InChI is InChI=1S/C23H34N8.HI/c1-3-14-30-15-11-18(12-16-30)28-23(26-2)27-13-7-10-21-20(17-24)22(25)31(29-21)19-8-5-4-6-9-19;/h4-6,8-9,18H,3,7,10-16,25H2,1-2H3,(H2,26,27,28);1H. The number of halogens is 1. The predicted molar refractivity (Wildman–Crippen MR) is 141 cm³/mol. The number of para-hydroxylation sites is 1. The van der Waals surface area contributed by atoms with Crippen molar-refractivity contribution in [2.45, 2.75) is 45.1 Å². The number of hydrogen-bond donors (Lipinski definition) is 3. The van der Waals surface area contributed by atoms with E-state index in [9.17, 15) is 5.26 Å².